The molecule has 5 atom stereocenters. The van der Waals surface area contributed by atoms with E-state index in [1.807, 2.05) is 32.1 Å². The summed E-state index contributed by atoms with van der Waals surface area (Å²) in [6, 6.07) is 6.91. The van der Waals surface area contributed by atoms with Gasteiger partial charge < -0.3 is 20.3 Å². The number of rotatable bonds is 2. The third-order valence-corrected chi connectivity index (χ3v) is 5.34. The van der Waals surface area contributed by atoms with E-state index in [1.54, 1.807) is 12.1 Å². The molecule has 2 aliphatic rings. The van der Waals surface area contributed by atoms with Crippen molar-refractivity contribution in [2.45, 2.75) is 57.5 Å². The molecule has 1 fully saturated rings. The number of nitrogens with one attached hydrogen (secondary N) is 1. The second-order valence-electron chi connectivity index (χ2n) is 7.22. The van der Waals surface area contributed by atoms with E-state index in [-0.39, 0.29) is 29.8 Å². The summed E-state index contributed by atoms with van der Waals surface area (Å²) in [6.07, 6.45) is 2.15. The largest absolute Gasteiger partial charge is 0.508 e. The molecule has 24 heavy (non-hydrogen) atoms. The molecule has 0 unspecified atom stereocenters. The molecule has 3 rings (SSSR count). The average molecular weight is 331 g/mol. The third kappa shape index (κ3) is 3.06. The van der Waals surface area contributed by atoms with Crippen molar-refractivity contribution in [1.29, 1.82) is 0 Å². The first-order chi connectivity index (χ1) is 11.3. The van der Waals surface area contributed by atoms with Crippen LogP contribution in [0.1, 0.15) is 45.3 Å². The minimum atomic E-state index is -0.670. The molecule has 1 aromatic rings. The highest BCUT2D eigenvalue weighted by Crippen LogP contribution is 2.46. The van der Waals surface area contributed by atoms with Crippen LogP contribution in [0.2, 0.25) is 0 Å². The number of aliphatic hydroxyl groups is 1. The molecular formula is C19H25NO4. The van der Waals surface area contributed by atoms with Crippen molar-refractivity contribution in [2.24, 2.45) is 5.92 Å². The zero-order chi connectivity index (χ0) is 17.5. The maximum atomic E-state index is 11.8. The molecule has 0 radical (unpaired) electrons. The molecule has 1 aromatic carbocycles. The van der Waals surface area contributed by atoms with Crippen LogP contribution in [-0.2, 0) is 9.53 Å². The standard InChI is InChI=1S/C19H25NO4/c1-11-4-9-15-18(17(11)23)24-16(10-19(15,3)20-12(2)21)13-5-7-14(22)8-6-13/h4-8,15-18,22-23H,9-10H2,1-3H3,(H,20,21)/t15-,16+,17-,18-,19-/m1/s1. The quantitative estimate of drug-likeness (QED) is 0.727. The van der Waals surface area contributed by atoms with E-state index in [2.05, 4.69) is 5.32 Å². The van der Waals surface area contributed by atoms with E-state index in [4.69, 9.17) is 4.74 Å². The topological polar surface area (TPSA) is 78.8 Å². The summed E-state index contributed by atoms with van der Waals surface area (Å²) in [4.78, 5) is 11.8. The third-order valence-electron chi connectivity index (χ3n) is 5.34. The minimum absolute atomic E-state index is 0.0217. The number of carbonyl (C=O) groups is 1. The van der Waals surface area contributed by atoms with Crippen LogP contribution in [-0.4, -0.2) is 33.9 Å². The van der Waals surface area contributed by atoms with Gasteiger partial charge in [-0.1, -0.05) is 18.2 Å². The van der Waals surface area contributed by atoms with Crippen LogP contribution in [0.4, 0.5) is 0 Å². The number of phenolic OH excluding ortho intramolecular Hbond substituents is 1. The van der Waals surface area contributed by atoms with E-state index < -0.39 is 11.6 Å². The van der Waals surface area contributed by atoms with Gasteiger partial charge in [-0.2, -0.15) is 0 Å². The van der Waals surface area contributed by atoms with Gasteiger partial charge in [0, 0.05) is 24.8 Å². The second-order valence-corrected chi connectivity index (χ2v) is 7.22. The summed E-state index contributed by atoms with van der Waals surface area (Å²) < 4.78 is 6.25. The van der Waals surface area contributed by atoms with Crippen molar-refractivity contribution in [3.8, 4) is 5.75 Å². The van der Waals surface area contributed by atoms with E-state index in [0.717, 1.165) is 17.6 Å². The Morgan fingerprint density at radius 1 is 1.33 bits per heavy atom. The minimum Gasteiger partial charge on any atom is -0.508 e. The van der Waals surface area contributed by atoms with Gasteiger partial charge in [-0.05, 0) is 43.5 Å². The normalized spacial score (nSPS) is 35.8. The van der Waals surface area contributed by atoms with Crippen molar-refractivity contribution >= 4 is 5.91 Å². The lowest BCUT2D eigenvalue weighted by molar-refractivity contribution is -0.165. The van der Waals surface area contributed by atoms with Gasteiger partial charge in [-0.25, -0.2) is 0 Å². The first-order valence-corrected chi connectivity index (χ1v) is 8.38. The van der Waals surface area contributed by atoms with E-state index in [0.29, 0.717) is 6.42 Å². The summed E-state index contributed by atoms with van der Waals surface area (Å²) in [5.74, 6) is 0.144. The van der Waals surface area contributed by atoms with Crippen LogP contribution < -0.4 is 5.32 Å². The van der Waals surface area contributed by atoms with Crippen LogP contribution in [0.15, 0.2) is 35.9 Å². The molecule has 0 spiro atoms. The molecule has 5 nitrogen and oxygen atoms in total. The van der Waals surface area contributed by atoms with Crippen molar-refractivity contribution in [1.82, 2.24) is 5.32 Å². The zero-order valence-electron chi connectivity index (χ0n) is 14.3. The summed E-state index contributed by atoms with van der Waals surface area (Å²) in [5, 5.41) is 23.2. The smallest absolute Gasteiger partial charge is 0.217 e. The van der Waals surface area contributed by atoms with Crippen LogP contribution in [0, 0.1) is 5.92 Å². The first kappa shape index (κ1) is 17.0. The fraction of sp³-hybridized carbons (Fsp3) is 0.526. The number of phenols is 1. The highest BCUT2D eigenvalue weighted by atomic mass is 16.5. The number of allylic oxidation sites excluding steroid dienone is 1. The Kier molecular flexibility index (Phi) is 4.40. The van der Waals surface area contributed by atoms with Gasteiger partial charge >= 0.3 is 0 Å². The lowest BCUT2D eigenvalue weighted by atomic mass is 9.68. The fourth-order valence-corrected chi connectivity index (χ4v) is 4.04. The maximum absolute atomic E-state index is 11.8. The number of ether oxygens (including phenoxy) is 1. The Hall–Kier alpha value is -1.85. The van der Waals surface area contributed by atoms with Gasteiger partial charge in [-0.3, -0.25) is 4.79 Å². The molecule has 0 saturated carbocycles. The molecule has 1 heterocycles. The highest BCUT2D eigenvalue weighted by molar-refractivity contribution is 5.74. The average Bonchev–Trinajstić information content (AvgIpc) is 2.50. The zero-order valence-corrected chi connectivity index (χ0v) is 14.3. The number of aromatic hydroxyl groups is 1. The summed E-state index contributed by atoms with van der Waals surface area (Å²) in [5.41, 5.74) is 1.38. The SMILES string of the molecule is CC(=O)N[C@]1(C)C[C@@H](c2ccc(O)cc2)O[C@H]2[C@H](O)C(C)=CC[C@H]21. The molecule has 130 valence electrons. The molecule has 0 bridgehead atoms. The van der Waals surface area contributed by atoms with E-state index in [9.17, 15) is 15.0 Å². The van der Waals surface area contributed by atoms with E-state index in [1.165, 1.54) is 6.92 Å². The number of hydrogen-bond acceptors (Lipinski definition) is 4. The van der Waals surface area contributed by atoms with Crippen LogP contribution in [0.5, 0.6) is 5.75 Å². The number of benzene rings is 1. The van der Waals surface area contributed by atoms with Gasteiger partial charge in [0.05, 0.1) is 12.2 Å². The Bertz CT molecular complexity index is 654. The van der Waals surface area contributed by atoms with Gasteiger partial charge in [0.15, 0.2) is 0 Å². The molecule has 3 N–H and O–H groups in total. The number of fused-ring (bicyclic) bond motifs is 1. The highest BCUT2D eigenvalue weighted by Gasteiger charge is 2.50. The lowest BCUT2D eigenvalue weighted by Gasteiger charge is -2.52. The summed E-state index contributed by atoms with van der Waals surface area (Å²) in [7, 11) is 0. The lowest BCUT2D eigenvalue weighted by Crippen LogP contribution is -2.62. The molecule has 0 aromatic heterocycles. The van der Waals surface area contributed by atoms with Gasteiger partial charge in [0.1, 0.15) is 11.9 Å². The Morgan fingerprint density at radius 3 is 2.62 bits per heavy atom. The Balaban J connectivity index is 1.96. The van der Waals surface area contributed by atoms with Gasteiger partial charge in [0.25, 0.3) is 0 Å². The number of hydrogen-bond donors (Lipinski definition) is 3. The van der Waals surface area contributed by atoms with Crippen LogP contribution >= 0.6 is 0 Å². The monoisotopic (exact) mass is 331 g/mol. The molecule has 1 saturated heterocycles. The molecule has 1 aliphatic carbocycles. The molecule has 1 aliphatic heterocycles. The van der Waals surface area contributed by atoms with Crippen molar-refractivity contribution in [3.05, 3.63) is 41.5 Å². The van der Waals surface area contributed by atoms with E-state index >= 15 is 0 Å². The van der Waals surface area contributed by atoms with Crippen molar-refractivity contribution in [2.75, 3.05) is 0 Å². The van der Waals surface area contributed by atoms with Gasteiger partial charge in [0.2, 0.25) is 5.91 Å². The molecular weight excluding hydrogens is 306 g/mol. The fourth-order valence-electron chi connectivity index (χ4n) is 4.04. The number of aliphatic hydroxyl groups excluding tert-OH is 1. The Labute approximate surface area is 142 Å². The molecule has 1 amide bonds. The van der Waals surface area contributed by atoms with Crippen molar-refractivity contribution in [3.63, 3.8) is 0 Å². The summed E-state index contributed by atoms with van der Waals surface area (Å²) >= 11 is 0. The Morgan fingerprint density at radius 2 is 2.00 bits per heavy atom. The molecule has 5 heteroatoms. The number of carbonyl (C=O) groups excluding carboxylic acids is 1. The van der Waals surface area contributed by atoms with Crippen molar-refractivity contribution < 1.29 is 19.7 Å². The second kappa shape index (κ2) is 6.22. The predicted octanol–water partition coefficient (Wildman–Crippen LogP) is 2.44. The predicted molar refractivity (Wildman–Crippen MR) is 90.4 cm³/mol. The number of amides is 1. The summed E-state index contributed by atoms with van der Waals surface area (Å²) in [6.45, 7) is 5.46. The van der Waals surface area contributed by atoms with Gasteiger partial charge in [-0.15, -0.1) is 0 Å². The van der Waals surface area contributed by atoms with Crippen LogP contribution in [0.3, 0.4) is 0 Å². The maximum Gasteiger partial charge on any atom is 0.217 e. The van der Waals surface area contributed by atoms with Crippen LogP contribution in [0.25, 0.3) is 0 Å². The first-order valence-electron chi connectivity index (χ1n) is 8.38.